The minimum Gasteiger partial charge on any atom is -0.480 e. The van der Waals surface area contributed by atoms with E-state index in [0.717, 1.165) is 0 Å². The number of amides is 1. The van der Waals surface area contributed by atoms with Gasteiger partial charge in [0.15, 0.2) is 0 Å². The van der Waals surface area contributed by atoms with Gasteiger partial charge in [0.05, 0.1) is 0 Å². The van der Waals surface area contributed by atoms with Crippen molar-refractivity contribution in [3.05, 3.63) is 29.8 Å². The van der Waals surface area contributed by atoms with Gasteiger partial charge in [-0.25, -0.2) is 9.18 Å². The van der Waals surface area contributed by atoms with Gasteiger partial charge in [-0.15, -0.1) is 0 Å². The maximum Gasteiger partial charge on any atom is 0.326 e. The second-order valence-electron chi connectivity index (χ2n) is 3.96. The normalized spacial score (nSPS) is 19.7. The van der Waals surface area contributed by atoms with E-state index in [0.29, 0.717) is 17.7 Å². The largest absolute Gasteiger partial charge is 0.480 e. The minimum absolute atomic E-state index is 0.203. The van der Waals surface area contributed by atoms with Crippen molar-refractivity contribution in [2.75, 3.05) is 4.90 Å². The Balaban J connectivity index is 2.29. The number of nitrogens with zero attached hydrogens (tertiary/aromatic N) is 1. The molecule has 4 nitrogen and oxygen atoms in total. The van der Waals surface area contributed by atoms with Gasteiger partial charge in [0.2, 0.25) is 5.91 Å². The molecular formula is C12H12FNO3. The monoisotopic (exact) mass is 237 g/mol. The first-order chi connectivity index (χ1) is 8.13. The van der Waals surface area contributed by atoms with Gasteiger partial charge in [-0.3, -0.25) is 9.69 Å². The van der Waals surface area contributed by atoms with E-state index in [2.05, 4.69) is 0 Å². The van der Waals surface area contributed by atoms with Crippen LogP contribution in [0.1, 0.15) is 18.4 Å². The summed E-state index contributed by atoms with van der Waals surface area (Å²) in [7, 11) is 0. The van der Waals surface area contributed by atoms with Crippen molar-refractivity contribution >= 4 is 17.6 Å². The maximum absolute atomic E-state index is 12.3. The van der Waals surface area contributed by atoms with Crippen LogP contribution in [0.25, 0.3) is 0 Å². The number of anilines is 1. The third-order valence-electron chi connectivity index (χ3n) is 2.87. The van der Waals surface area contributed by atoms with Crippen LogP contribution in [0.4, 0.5) is 10.1 Å². The lowest BCUT2D eigenvalue weighted by Crippen LogP contribution is -2.38. The van der Waals surface area contributed by atoms with Crippen LogP contribution in [-0.4, -0.2) is 23.0 Å². The topological polar surface area (TPSA) is 57.6 Å². The summed E-state index contributed by atoms with van der Waals surface area (Å²) < 4.78 is 12.3. The number of halogens is 1. The highest BCUT2D eigenvalue weighted by Gasteiger charge is 2.36. The Kier molecular flexibility index (Phi) is 3.08. The number of hydrogen-bond acceptors (Lipinski definition) is 2. The Labute approximate surface area is 97.7 Å². The molecule has 1 heterocycles. The van der Waals surface area contributed by atoms with E-state index >= 15 is 0 Å². The first-order valence-corrected chi connectivity index (χ1v) is 5.33. The quantitative estimate of drug-likeness (QED) is 0.871. The average Bonchev–Trinajstić information content (AvgIpc) is 2.71. The van der Waals surface area contributed by atoms with Gasteiger partial charge in [-0.05, 0) is 24.1 Å². The van der Waals surface area contributed by atoms with E-state index in [1.54, 1.807) is 24.3 Å². The summed E-state index contributed by atoms with van der Waals surface area (Å²) in [6.07, 6.45) is 0.556. The predicted octanol–water partition coefficient (Wildman–Crippen LogP) is 1.74. The fraction of sp³-hybridized carbons (Fsp3) is 0.333. The SMILES string of the molecule is O=C(O)[C@@H]1CCC(=O)N1c1ccc(CF)cc1. The van der Waals surface area contributed by atoms with Crippen molar-refractivity contribution in [1.29, 1.82) is 0 Å². The van der Waals surface area contributed by atoms with Crippen LogP contribution >= 0.6 is 0 Å². The number of carbonyl (C=O) groups is 2. The predicted molar refractivity (Wildman–Crippen MR) is 59.4 cm³/mol. The molecule has 0 saturated carbocycles. The van der Waals surface area contributed by atoms with Crippen molar-refractivity contribution in [1.82, 2.24) is 0 Å². The van der Waals surface area contributed by atoms with Crippen molar-refractivity contribution in [2.45, 2.75) is 25.6 Å². The average molecular weight is 237 g/mol. The Morgan fingerprint density at radius 1 is 1.41 bits per heavy atom. The zero-order valence-electron chi connectivity index (χ0n) is 9.10. The molecule has 17 heavy (non-hydrogen) atoms. The number of alkyl halides is 1. The van der Waals surface area contributed by atoms with Crippen LogP contribution in [0.15, 0.2) is 24.3 Å². The first kappa shape index (κ1) is 11.6. The molecule has 1 aromatic carbocycles. The fourth-order valence-electron chi connectivity index (χ4n) is 1.99. The molecule has 0 aromatic heterocycles. The number of carboxylic acid groups (broad SMARTS) is 1. The lowest BCUT2D eigenvalue weighted by Gasteiger charge is -2.21. The zero-order chi connectivity index (χ0) is 12.4. The van der Waals surface area contributed by atoms with Crippen LogP contribution < -0.4 is 4.90 Å². The zero-order valence-corrected chi connectivity index (χ0v) is 9.10. The molecule has 1 amide bonds. The summed E-state index contributed by atoms with van der Waals surface area (Å²) in [5, 5.41) is 9.01. The number of carboxylic acids is 1. The van der Waals surface area contributed by atoms with E-state index in [9.17, 15) is 14.0 Å². The number of carbonyl (C=O) groups excluding carboxylic acids is 1. The summed E-state index contributed by atoms with van der Waals surface area (Å²) in [5.41, 5.74) is 1.02. The van der Waals surface area contributed by atoms with Crippen molar-refractivity contribution < 1.29 is 19.1 Å². The molecule has 5 heteroatoms. The van der Waals surface area contributed by atoms with Crippen molar-refractivity contribution in [2.24, 2.45) is 0 Å². The van der Waals surface area contributed by atoms with E-state index in [-0.39, 0.29) is 12.3 Å². The molecule has 1 fully saturated rings. The van der Waals surface area contributed by atoms with Gasteiger partial charge < -0.3 is 5.11 Å². The molecule has 1 saturated heterocycles. The molecule has 0 bridgehead atoms. The summed E-state index contributed by atoms with van der Waals surface area (Å²) in [6.45, 7) is -0.573. The Morgan fingerprint density at radius 2 is 2.06 bits per heavy atom. The molecular weight excluding hydrogens is 225 g/mol. The molecule has 1 aliphatic rings. The highest BCUT2D eigenvalue weighted by atomic mass is 19.1. The van der Waals surface area contributed by atoms with E-state index in [1.165, 1.54) is 4.90 Å². The van der Waals surface area contributed by atoms with Crippen molar-refractivity contribution in [3.63, 3.8) is 0 Å². The minimum atomic E-state index is -1.01. The highest BCUT2D eigenvalue weighted by molar-refractivity contribution is 6.02. The summed E-state index contributed by atoms with van der Waals surface area (Å²) in [4.78, 5) is 23.9. The standard InChI is InChI=1S/C12H12FNO3/c13-7-8-1-3-9(4-2-8)14-10(12(16)17)5-6-11(14)15/h1-4,10H,5-7H2,(H,16,17)/t10-/m0/s1. The van der Waals surface area contributed by atoms with Crippen LogP contribution in [0.5, 0.6) is 0 Å². The number of aliphatic carboxylic acids is 1. The number of rotatable bonds is 3. The molecule has 1 N–H and O–H groups in total. The van der Waals surface area contributed by atoms with Crippen molar-refractivity contribution in [3.8, 4) is 0 Å². The van der Waals surface area contributed by atoms with Crippen LogP contribution in [-0.2, 0) is 16.3 Å². The summed E-state index contributed by atoms with van der Waals surface area (Å²) in [5.74, 6) is -1.21. The molecule has 1 atom stereocenters. The smallest absolute Gasteiger partial charge is 0.326 e. The van der Waals surface area contributed by atoms with Crippen LogP contribution in [0.3, 0.4) is 0 Å². The van der Waals surface area contributed by atoms with E-state index in [4.69, 9.17) is 5.11 Å². The molecule has 0 spiro atoms. The molecule has 90 valence electrons. The lowest BCUT2D eigenvalue weighted by molar-refractivity contribution is -0.138. The van der Waals surface area contributed by atoms with Crippen LogP contribution in [0.2, 0.25) is 0 Å². The summed E-state index contributed by atoms with van der Waals surface area (Å²) >= 11 is 0. The Hall–Kier alpha value is -1.91. The van der Waals surface area contributed by atoms with Gasteiger partial charge in [0.25, 0.3) is 0 Å². The highest BCUT2D eigenvalue weighted by Crippen LogP contribution is 2.27. The first-order valence-electron chi connectivity index (χ1n) is 5.33. The van der Waals surface area contributed by atoms with Gasteiger partial charge >= 0.3 is 5.97 Å². The molecule has 2 rings (SSSR count). The second-order valence-corrected chi connectivity index (χ2v) is 3.96. The number of benzene rings is 1. The summed E-state index contributed by atoms with van der Waals surface area (Å²) in [6, 6.07) is 5.46. The third kappa shape index (κ3) is 2.13. The molecule has 0 unspecified atom stereocenters. The molecule has 0 aliphatic carbocycles. The fourth-order valence-corrected chi connectivity index (χ4v) is 1.99. The van der Waals surface area contributed by atoms with Gasteiger partial charge in [-0.2, -0.15) is 0 Å². The molecule has 1 aliphatic heterocycles. The Morgan fingerprint density at radius 3 is 2.59 bits per heavy atom. The maximum atomic E-state index is 12.3. The van der Waals surface area contributed by atoms with E-state index in [1.807, 2.05) is 0 Å². The van der Waals surface area contributed by atoms with Gasteiger partial charge in [-0.1, -0.05) is 12.1 Å². The molecule has 1 aromatic rings. The lowest BCUT2D eigenvalue weighted by atomic mass is 10.2. The van der Waals surface area contributed by atoms with Gasteiger partial charge in [0, 0.05) is 12.1 Å². The number of hydrogen-bond donors (Lipinski definition) is 1. The third-order valence-corrected chi connectivity index (χ3v) is 2.87. The molecule has 0 radical (unpaired) electrons. The van der Waals surface area contributed by atoms with Gasteiger partial charge in [0.1, 0.15) is 12.7 Å². The second kappa shape index (κ2) is 4.53. The van der Waals surface area contributed by atoms with Crippen LogP contribution in [0, 0.1) is 0 Å². The van der Waals surface area contributed by atoms with E-state index < -0.39 is 18.7 Å². The Bertz CT molecular complexity index is 444.